The van der Waals surface area contributed by atoms with E-state index in [1.165, 1.54) is 6.42 Å². The summed E-state index contributed by atoms with van der Waals surface area (Å²) < 4.78 is 5.59. The second kappa shape index (κ2) is 8.15. The van der Waals surface area contributed by atoms with Crippen molar-refractivity contribution in [3.63, 3.8) is 0 Å². The number of halogens is 1. The van der Waals surface area contributed by atoms with Crippen molar-refractivity contribution in [3.8, 4) is 5.75 Å². The van der Waals surface area contributed by atoms with Crippen molar-refractivity contribution >= 4 is 17.5 Å². The summed E-state index contributed by atoms with van der Waals surface area (Å²) in [6.45, 7) is 1.21. The number of rotatable bonds is 8. The van der Waals surface area contributed by atoms with E-state index in [0.717, 1.165) is 31.6 Å². The summed E-state index contributed by atoms with van der Waals surface area (Å²) in [5.41, 5.74) is 0. The number of amides is 1. The Morgan fingerprint density at radius 2 is 2.05 bits per heavy atom. The summed E-state index contributed by atoms with van der Waals surface area (Å²) in [6.07, 6.45) is 4.80. The molecule has 1 fully saturated rings. The summed E-state index contributed by atoms with van der Waals surface area (Å²) in [5.74, 6) is 1.61. The highest BCUT2D eigenvalue weighted by Gasteiger charge is 2.27. The molecule has 0 radical (unpaired) electrons. The highest BCUT2D eigenvalue weighted by molar-refractivity contribution is 6.17. The SMILES string of the molecule is O=C(CCOc1ccccc1)N(CCCCl)C1CCC1. The van der Waals surface area contributed by atoms with Gasteiger partial charge in [-0.05, 0) is 37.8 Å². The van der Waals surface area contributed by atoms with Crippen LogP contribution in [0.2, 0.25) is 0 Å². The molecule has 0 aliphatic heterocycles. The lowest BCUT2D eigenvalue weighted by molar-refractivity contribution is -0.135. The number of benzene rings is 1. The van der Waals surface area contributed by atoms with Gasteiger partial charge in [-0.15, -0.1) is 11.6 Å². The minimum absolute atomic E-state index is 0.191. The zero-order valence-corrected chi connectivity index (χ0v) is 12.5. The lowest BCUT2D eigenvalue weighted by Gasteiger charge is -2.37. The number of hydrogen-bond donors (Lipinski definition) is 0. The number of para-hydroxylation sites is 1. The Kier molecular flexibility index (Phi) is 6.19. The lowest BCUT2D eigenvalue weighted by atomic mass is 9.91. The average molecular weight is 296 g/mol. The Bertz CT molecular complexity index is 406. The van der Waals surface area contributed by atoms with Gasteiger partial charge in [0.05, 0.1) is 13.0 Å². The molecule has 0 atom stereocenters. The molecule has 1 aliphatic carbocycles. The molecule has 110 valence electrons. The molecule has 0 saturated heterocycles. The molecule has 1 saturated carbocycles. The third-order valence-corrected chi connectivity index (χ3v) is 3.96. The van der Waals surface area contributed by atoms with E-state index in [-0.39, 0.29) is 5.91 Å². The van der Waals surface area contributed by atoms with Crippen molar-refractivity contribution in [1.29, 1.82) is 0 Å². The number of carbonyl (C=O) groups excluding carboxylic acids is 1. The third kappa shape index (κ3) is 4.41. The molecule has 0 spiro atoms. The van der Waals surface area contributed by atoms with Gasteiger partial charge in [0.15, 0.2) is 0 Å². The van der Waals surface area contributed by atoms with Crippen molar-refractivity contribution in [2.75, 3.05) is 19.0 Å². The molecule has 0 N–H and O–H groups in total. The molecule has 3 nitrogen and oxygen atoms in total. The van der Waals surface area contributed by atoms with Crippen molar-refractivity contribution in [1.82, 2.24) is 4.90 Å². The average Bonchev–Trinajstić information content (AvgIpc) is 2.42. The zero-order valence-electron chi connectivity index (χ0n) is 11.8. The van der Waals surface area contributed by atoms with Crippen molar-refractivity contribution in [2.45, 2.75) is 38.1 Å². The molecule has 0 aromatic heterocycles. The maximum absolute atomic E-state index is 12.3. The second-order valence-electron chi connectivity index (χ2n) is 5.13. The van der Waals surface area contributed by atoms with Crippen LogP contribution in [0, 0.1) is 0 Å². The molecule has 0 unspecified atom stereocenters. The van der Waals surface area contributed by atoms with Crippen LogP contribution < -0.4 is 4.74 Å². The molecule has 4 heteroatoms. The minimum atomic E-state index is 0.191. The fourth-order valence-electron chi connectivity index (χ4n) is 2.36. The van der Waals surface area contributed by atoms with E-state index in [2.05, 4.69) is 0 Å². The van der Waals surface area contributed by atoms with Gasteiger partial charge in [0.2, 0.25) is 5.91 Å². The monoisotopic (exact) mass is 295 g/mol. The molecule has 1 aliphatic rings. The molecule has 20 heavy (non-hydrogen) atoms. The molecule has 2 rings (SSSR count). The van der Waals surface area contributed by atoms with Gasteiger partial charge in [0, 0.05) is 18.5 Å². The van der Waals surface area contributed by atoms with E-state index in [0.29, 0.717) is 24.9 Å². The van der Waals surface area contributed by atoms with Gasteiger partial charge < -0.3 is 9.64 Å². The van der Waals surface area contributed by atoms with Gasteiger partial charge in [0.25, 0.3) is 0 Å². The van der Waals surface area contributed by atoms with Crippen LogP contribution >= 0.6 is 11.6 Å². The van der Waals surface area contributed by atoms with Crippen LogP contribution in [0.1, 0.15) is 32.1 Å². The predicted molar refractivity (Wildman–Crippen MR) is 81.2 cm³/mol. The first-order valence-corrected chi connectivity index (χ1v) is 7.88. The van der Waals surface area contributed by atoms with Crippen molar-refractivity contribution in [3.05, 3.63) is 30.3 Å². The molecular weight excluding hydrogens is 274 g/mol. The molecule has 0 heterocycles. The van der Waals surface area contributed by atoms with Crippen LogP contribution in [0.5, 0.6) is 5.75 Å². The van der Waals surface area contributed by atoms with Gasteiger partial charge in [-0.25, -0.2) is 0 Å². The van der Waals surface area contributed by atoms with Gasteiger partial charge in [-0.3, -0.25) is 4.79 Å². The van der Waals surface area contributed by atoms with Crippen LogP contribution in [-0.4, -0.2) is 35.9 Å². The fraction of sp³-hybridized carbons (Fsp3) is 0.562. The van der Waals surface area contributed by atoms with E-state index < -0.39 is 0 Å². The van der Waals surface area contributed by atoms with Crippen molar-refractivity contribution in [2.24, 2.45) is 0 Å². The maximum atomic E-state index is 12.3. The van der Waals surface area contributed by atoms with Crippen LogP contribution in [-0.2, 0) is 4.79 Å². The molecule has 1 aromatic rings. The highest BCUT2D eigenvalue weighted by Crippen LogP contribution is 2.25. The van der Waals surface area contributed by atoms with Crippen LogP contribution in [0.15, 0.2) is 30.3 Å². The van der Waals surface area contributed by atoms with Gasteiger partial charge >= 0.3 is 0 Å². The molecule has 0 bridgehead atoms. The summed E-state index contributed by atoms with van der Waals surface area (Å²) in [7, 11) is 0. The van der Waals surface area contributed by atoms with Gasteiger partial charge in [-0.2, -0.15) is 0 Å². The van der Waals surface area contributed by atoms with E-state index in [4.69, 9.17) is 16.3 Å². The summed E-state index contributed by atoms with van der Waals surface area (Å²) >= 11 is 5.74. The zero-order chi connectivity index (χ0) is 14.2. The summed E-state index contributed by atoms with van der Waals surface area (Å²) in [6, 6.07) is 10.0. The number of alkyl halides is 1. The van der Waals surface area contributed by atoms with Crippen LogP contribution in [0.3, 0.4) is 0 Å². The Labute approximate surface area is 125 Å². The maximum Gasteiger partial charge on any atom is 0.226 e. The standard InChI is InChI=1S/C16H22ClNO2/c17-11-5-12-18(14-6-4-7-14)16(19)10-13-20-15-8-2-1-3-9-15/h1-3,8-9,14H,4-7,10-13H2. The van der Waals surface area contributed by atoms with Gasteiger partial charge in [-0.1, -0.05) is 18.2 Å². The predicted octanol–water partition coefficient (Wildman–Crippen LogP) is 3.47. The normalized spacial score (nSPS) is 14.7. The minimum Gasteiger partial charge on any atom is -0.493 e. The number of ether oxygens (including phenoxy) is 1. The first-order chi connectivity index (χ1) is 9.81. The topological polar surface area (TPSA) is 29.5 Å². The smallest absolute Gasteiger partial charge is 0.226 e. The van der Waals surface area contributed by atoms with E-state index in [9.17, 15) is 4.79 Å². The van der Waals surface area contributed by atoms with Crippen LogP contribution in [0.25, 0.3) is 0 Å². The molecule has 1 aromatic carbocycles. The Morgan fingerprint density at radius 1 is 1.30 bits per heavy atom. The lowest BCUT2D eigenvalue weighted by Crippen LogP contribution is -2.45. The fourth-order valence-corrected chi connectivity index (χ4v) is 2.48. The Hall–Kier alpha value is -1.22. The van der Waals surface area contributed by atoms with Gasteiger partial charge in [0.1, 0.15) is 5.75 Å². The highest BCUT2D eigenvalue weighted by atomic mass is 35.5. The first-order valence-electron chi connectivity index (χ1n) is 7.34. The van der Waals surface area contributed by atoms with E-state index >= 15 is 0 Å². The number of nitrogens with zero attached hydrogens (tertiary/aromatic N) is 1. The number of hydrogen-bond acceptors (Lipinski definition) is 2. The summed E-state index contributed by atoms with van der Waals surface area (Å²) in [4.78, 5) is 14.3. The Balaban J connectivity index is 1.76. The van der Waals surface area contributed by atoms with E-state index in [1.54, 1.807) is 0 Å². The number of carbonyl (C=O) groups is 1. The molecule has 1 amide bonds. The molecular formula is C16H22ClNO2. The first kappa shape index (κ1) is 15.2. The van der Waals surface area contributed by atoms with Crippen LogP contribution in [0.4, 0.5) is 0 Å². The largest absolute Gasteiger partial charge is 0.493 e. The van der Waals surface area contributed by atoms with E-state index in [1.807, 2.05) is 35.2 Å². The third-order valence-electron chi connectivity index (χ3n) is 3.70. The quantitative estimate of drug-likeness (QED) is 0.687. The summed E-state index contributed by atoms with van der Waals surface area (Å²) in [5, 5.41) is 0. The Morgan fingerprint density at radius 3 is 2.65 bits per heavy atom. The second-order valence-corrected chi connectivity index (χ2v) is 5.50. The van der Waals surface area contributed by atoms with Crippen molar-refractivity contribution < 1.29 is 9.53 Å².